The number of thioether (sulfide) groups is 2. The first-order valence-electron chi connectivity index (χ1n) is 13.3. The van der Waals surface area contributed by atoms with E-state index in [4.69, 9.17) is 11.5 Å². The number of nitrogen functional groups attached to an aromatic ring is 2. The van der Waals surface area contributed by atoms with E-state index in [0.717, 1.165) is 23.5 Å². The molecule has 4 unspecified atom stereocenters. The van der Waals surface area contributed by atoms with E-state index in [-0.39, 0.29) is 28.9 Å². The molecule has 6 atom stereocenters. The first kappa shape index (κ1) is 33.5. The molecule has 15 nitrogen and oxygen atoms in total. The van der Waals surface area contributed by atoms with Gasteiger partial charge in [0.2, 0.25) is 11.8 Å². The Hall–Kier alpha value is -3.99. The van der Waals surface area contributed by atoms with Crippen LogP contribution in [0, 0.1) is 11.8 Å². The van der Waals surface area contributed by atoms with Crippen LogP contribution in [-0.4, -0.2) is 83.3 Å². The van der Waals surface area contributed by atoms with E-state index < -0.39 is 58.2 Å². The van der Waals surface area contributed by atoms with E-state index in [2.05, 4.69) is 30.6 Å². The third kappa shape index (κ3) is 9.00. The highest BCUT2D eigenvalue weighted by Gasteiger charge is 2.44. The van der Waals surface area contributed by atoms with Crippen LogP contribution in [0.15, 0.2) is 24.8 Å². The first-order chi connectivity index (χ1) is 20.4. The molecular weight excluding hydrogens is 600 g/mol. The minimum atomic E-state index is -1.23. The number of carboxylic acids is 2. The molecule has 0 aliphatic heterocycles. The highest BCUT2D eigenvalue weighted by atomic mass is 32.2. The third-order valence-corrected chi connectivity index (χ3v) is 9.65. The largest absolute Gasteiger partial charge is 0.480 e. The van der Waals surface area contributed by atoms with Gasteiger partial charge < -0.3 is 32.3 Å². The highest BCUT2D eigenvalue weighted by Crippen LogP contribution is 2.49. The van der Waals surface area contributed by atoms with E-state index in [0.29, 0.717) is 30.7 Å². The Morgan fingerprint density at radius 2 is 1.16 bits per heavy atom. The molecule has 43 heavy (non-hydrogen) atoms. The molecule has 2 heterocycles. The Kier molecular flexibility index (Phi) is 12.1. The predicted molar refractivity (Wildman–Crippen MR) is 160 cm³/mol. The fourth-order valence-electron chi connectivity index (χ4n) is 4.89. The van der Waals surface area contributed by atoms with Gasteiger partial charge in [0.25, 0.3) is 0 Å². The van der Waals surface area contributed by atoms with Crippen LogP contribution >= 0.6 is 23.5 Å². The third-order valence-electron chi connectivity index (χ3n) is 6.78. The van der Waals surface area contributed by atoms with Gasteiger partial charge in [-0.15, -0.1) is 23.5 Å². The SMILES string of the molecule is CC(=O)N[C@@H](CSC(c1nccnc1N)C1CCCC(C(SC[C@H](NC(C)=O)C(=O)O)c2nccnc2N)C1=O)C(=O)O. The van der Waals surface area contributed by atoms with Gasteiger partial charge in [0.15, 0.2) is 0 Å². The number of hydrogen-bond acceptors (Lipinski definition) is 13. The van der Waals surface area contributed by atoms with Crippen LogP contribution in [-0.2, 0) is 24.0 Å². The van der Waals surface area contributed by atoms with E-state index in [1.807, 2.05) is 0 Å². The number of nitrogens with one attached hydrogen (secondary N) is 2. The Morgan fingerprint density at radius 3 is 1.49 bits per heavy atom. The number of aliphatic carboxylic acids is 2. The van der Waals surface area contributed by atoms with Crippen molar-refractivity contribution < 1.29 is 34.2 Å². The molecule has 2 amide bonds. The molecule has 1 fully saturated rings. The predicted octanol–water partition coefficient (Wildman–Crippen LogP) is 0.844. The van der Waals surface area contributed by atoms with Gasteiger partial charge in [-0.1, -0.05) is 6.42 Å². The summed E-state index contributed by atoms with van der Waals surface area (Å²) in [5, 5.41) is 22.7. The van der Waals surface area contributed by atoms with Gasteiger partial charge in [-0.25, -0.2) is 19.6 Å². The van der Waals surface area contributed by atoms with Crippen LogP contribution < -0.4 is 22.1 Å². The molecule has 8 N–H and O–H groups in total. The van der Waals surface area contributed by atoms with Crippen molar-refractivity contribution >= 4 is 64.7 Å². The van der Waals surface area contributed by atoms with Crippen LogP contribution in [0.1, 0.15) is 55.0 Å². The number of anilines is 2. The van der Waals surface area contributed by atoms with Gasteiger partial charge >= 0.3 is 11.9 Å². The Morgan fingerprint density at radius 1 is 0.791 bits per heavy atom. The second kappa shape index (κ2) is 15.5. The molecule has 0 saturated heterocycles. The zero-order valence-electron chi connectivity index (χ0n) is 23.5. The molecular formula is C26H34N8O7S2. The van der Waals surface area contributed by atoms with E-state index in [9.17, 15) is 34.2 Å². The molecule has 17 heteroatoms. The van der Waals surface area contributed by atoms with Crippen LogP contribution in [0.2, 0.25) is 0 Å². The van der Waals surface area contributed by atoms with Crippen molar-refractivity contribution in [3.05, 3.63) is 36.2 Å². The highest BCUT2D eigenvalue weighted by molar-refractivity contribution is 7.99. The average molecular weight is 635 g/mol. The lowest BCUT2D eigenvalue weighted by molar-refractivity contribution is -0.141. The van der Waals surface area contributed by atoms with Crippen molar-refractivity contribution in [2.24, 2.45) is 11.8 Å². The zero-order valence-corrected chi connectivity index (χ0v) is 25.1. The summed E-state index contributed by atoms with van der Waals surface area (Å²) in [6.07, 6.45) is 7.15. The number of carbonyl (C=O) groups excluding carboxylic acids is 3. The lowest BCUT2D eigenvalue weighted by atomic mass is 9.75. The number of Topliss-reactive ketones (excluding diaryl/α,β-unsaturated/α-hetero) is 1. The molecule has 0 radical (unpaired) electrons. The van der Waals surface area contributed by atoms with Gasteiger partial charge in [0, 0.05) is 62.0 Å². The first-order valence-corrected chi connectivity index (χ1v) is 15.4. The van der Waals surface area contributed by atoms with Gasteiger partial charge in [-0.05, 0) is 12.8 Å². The van der Waals surface area contributed by atoms with Gasteiger partial charge in [-0.2, -0.15) is 0 Å². The van der Waals surface area contributed by atoms with Crippen LogP contribution in [0.4, 0.5) is 11.6 Å². The summed E-state index contributed by atoms with van der Waals surface area (Å²) in [5.74, 6) is -5.01. The second-order valence-electron chi connectivity index (χ2n) is 9.89. The topological polar surface area (TPSA) is 253 Å². The van der Waals surface area contributed by atoms with Crippen LogP contribution in [0.25, 0.3) is 0 Å². The molecule has 1 aliphatic rings. The minimum Gasteiger partial charge on any atom is -0.480 e. The standard InChI is InChI=1S/C26H34N8O7S2/c1-12(35)33-16(25(38)39)10-42-21(18-23(27)31-8-6-29-18)14-4-3-5-15(20(14)37)22(19-24(28)32-9-7-30-19)43-11-17(26(40)41)34-13(2)36/h6-9,14-17,21-22H,3-5,10-11H2,1-2H3,(H2,27,31)(H2,28,32)(H,33,35)(H,34,36)(H,38,39)(H,40,41)/t14?,15?,16-,17-,21?,22?/m0/s1. The molecule has 1 saturated carbocycles. The number of ketones is 1. The van der Waals surface area contributed by atoms with Crippen molar-refractivity contribution in [3.8, 4) is 0 Å². The summed E-state index contributed by atoms with van der Waals surface area (Å²) in [7, 11) is 0. The van der Waals surface area contributed by atoms with E-state index >= 15 is 0 Å². The van der Waals surface area contributed by atoms with E-state index in [1.165, 1.54) is 38.6 Å². The summed E-state index contributed by atoms with van der Waals surface area (Å²) in [4.78, 5) is 78.1. The van der Waals surface area contributed by atoms with Gasteiger partial charge in [-0.3, -0.25) is 24.4 Å². The molecule has 0 bridgehead atoms. The molecule has 0 spiro atoms. The summed E-state index contributed by atoms with van der Waals surface area (Å²) in [6.45, 7) is 2.43. The molecule has 232 valence electrons. The lowest BCUT2D eigenvalue weighted by Gasteiger charge is -2.36. The lowest BCUT2D eigenvalue weighted by Crippen LogP contribution is -2.43. The van der Waals surface area contributed by atoms with Gasteiger partial charge in [0.05, 0.1) is 21.9 Å². The number of carbonyl (C=O) groups is 5. The van der Waals surface area contributed by atoms with Crippen molar-refractivity contribution in [1.82, 2.24) is 30.6 Å². The fourth-order valence-corrected chi connectivity index (χ4v) is 7.82. The maximum atomic E-state index is 14.3. The smallest absolute Gasteiger partial charge is 0.327 e. The number of rotatable bonds is 14. The molecule has 2 aromatic rings. The fraction of sp³-hybridized carbons (Fsp3) is 0.500. The zero-order chi connectivity index (χ0) is 31.7. The molecule has 3 rings (SSSR count). The normalized spacial score (nSPS) is 19.4. The summed E-state index contributed by atoms with van der Waals surface area (Å²) in [6, 6.07) is -2.44. The minimum absolute atomic E-state index is 0.0731. The molecule has 1 aliphatic carbocycles. The number of amides is 2. The average Bonchev–Trinajstić information content (AvgIpc) is 2.94. The van der Waals surface area contributed by atoms with Gasteiger partial charge in [0.1, 0.15) is 29.5 Å². The van der Waals surface area contributed by atoms with Crippen molar-refractivity contribution in [2.45, 2.75) is 55.7 Å². The molecule has 0 aromatic carbocycles. The number of nitrogens with zero attached hydrogens (tertiary/aromatic N) is 4. The number of nitrogens with two attached hydrogens (primary N) is 2. The summed E-state index contributed by atoms with van der Waals surface area (Å²) < 4.78 is 0. The second-order valence-corrected chi connectivity index (χ2v) is 12.2. The monoisotopic (exact) mass is 634 g/mol. The van der Waals surface area contributed by atoms with Crippen molar-refractivity contribution in [3.63, 3.8) is 0 Å². The van der Waals surface area contributed by atoms with Crippen molar-refractivity contribution in [1.29, 1.82) is 0 Å². The Balaban J connectivity index is 1.97. The maximum absolute atomic E-state index is 14.3. The Labute approximate surface area is 255 Å². The number of hydrogen-bond donors (Lipinski definition) is 6. The number of aromatic nitrogens is 4. The maximum Gasteiger partial charge on any atom is 0.327 e. The Bertz CT molecular complexity index is 1250. The van der Waals surface area contributed by atoms with E-state index in [1.54, 1.807) is 0 Å². The molecule has 2 aromatic heterocycles. The summed E-state index contributed by atoms with van der Waals surface area (Å²) >= 11 is 2.27. The van der Waals surface area contributed by atoms with Crippen molar-refractivity contribution in [2.75, 3.05) is 23.0 Å². The van der Waals surface area contributed by atoms with Crippen LogP contribution in [0.5, 0.6) is 0 Å². The number of carboxylic acid groups (broad SMARTS) is 2. The quantitative estimate of drug-likeness (QED) is 0.168. The van der Waals surface area contributed by atoms with Crippen LogP contribution in [0.3, 0.4) is 0 Å². The summed E-state index contributed by atoms with van der Waals surface area (Å²) in [5.41, 5.74) is 13.0.